The van der Waals surface area contributed by atoms with E-state index in [0.717, 1.165) is 5.56 Å². The summed E-state index contributed by atoms with van der Waals surface area (Å²) in [5.74, 6) is 1.83. The van der Waals surface area contributed by atoms with Gasteiger partial charge in [0.05, 0.1) is 12.1 Å². The van der Waals surface area contributed by atoms with Crippen LogP contribution < -0.4 is 5.76 Å². The van der Waals surface area contributed by atoms with E-state index in [9.17, 15) is 14.4 Å². The SMILES string of the molecule is C#CCn1c(=O)oc2cc(C(=O)CCN3CCN(C(=O)OCc4ccc(Cl)cc4)CC3)ccc21. The van der Waals surface area contributed by atoms with Crippen LogP contribution in [0.25, 0.3) is 11.1 Å². The number of fused-ring (bicyclic) bond motifs is 1. The van der Waals surface area contributed by atoms with Crippen LogP contribution in [0.2, 0.25) is 5.02 Å². The molecule has 0 bridgehead atoms. The number of benzene rings is 2. The Bertz CT molecular complexity index is 1280. The number of hydrogen-bond donors (Lipinski definition) is 0. The van der Waals surface area contributed by atoms with Gasteiger partial charge in [-0.05, 0) is 35.9 Å². The highest BCUT2D eigenvalue weighted by Crippen LogP contribution is 2.17. The van der Waals surface area contributed by atoms with Gasteiger partial charge in [0.25, 0.3) is 0 Å². The lowest BCUT2D eigenvalue weighted by atomic mass is 10.1. The van der Waals surface area contributed by atoms with E-state index in [-0.39, 0.29) is 25.0 Å². The van der Waals surface area contributed by atoms with Crippen molar-refractivity contribution < 1.29 is 18.7 Å². The normalized spacial score (nSPS) is 14.2. The first-order valence-corrected chi connectivity index (χ1v) is 11.3. The minimum Gasteiger partial charge on any atom is -0.445 e. The Labute approximate surface area is 201 Å². The minimum absolute atomic E-state index is 0.0425. The number of aromatic nitrogens is 1. The lowest BCUT2D eigenvalue weighted by Gasteiger charge is -2.33. The maximum absolute atomic E-state index is 12.7. The number of ketones is 1. The molecule has 1 fully saturated rings. The van der Waals surface area contributed by atoms with Gasteiger partial charge in [-0.15, -0.1) is 6.42 Å². The summed E-state index contributed by atoms with van der Waals surface area (Å²) in [6.45, 7) is 3.27. The summed E-state index contributed by atoms with van der Waals surface area (Å²) < 4.78 is 12.0. The first-order valence-electron chi connectivity index (χ1n) is 10.9. The molecule has 4 rings (SSSR count). The summed E-state index contributed by atoms with van der Waals surface area (Å²) in [5, 5.41) is 0.635. The van der Waals surface area contributed by atoms with Crippen molar-refractivity contribution in [3.05, 3.63) is 69.2 Å². The first-order chi connectivity index (χ1) is 16.4. The quantitative estimate of drug-likeness (QED) is 0.380. The van der Waals surface area contributed by atoms with Gasteiger partial charge in [0, 0.05) is 49.7 Å². The average Bonchev–Trinajstić information content (AvgIpc) is 3.16. The van der Waals surface area contributed by atoms with Crippen molar-refractivity contribution in [2.24, 2.45) is 0 Å². The third-order valence-electron chi connectivity index (χ3n) is 5.80. The molecule has 0 aliphatic carbocycles. The maximum Gasteiger partial charge on any atom is 0.420 e. The Morgan fingerprint density at radius 1 is 1.09 bits per heavy atom. The van der Waals surface area contributed by atoms with Crippen LogP contribution in [0.4, 0.5) is 4.79 Å². The van der Waals surface area contributed by atoms with Crippen LogP contribution in [0, 0.1) is 12.3 Å². The van der Waals surface area contributed by atoms with Crippen molar-refractivity contribution >= 4 is 34.6 Å². The maximum atomic E-state index is 12.7. The molecular weight excluding hydrogens is 458 g/mol. The number of carbonyl (C=O) groups is 2. The third-order valence-corrected chi connectivity index (χ3v) is 6.05. The van der Waals surface area contributed by atoms with Gasteiger partial charge in [-0.25, -0.2) is 9.59 Å². The highest BCUT2D eigenvalue weighted by Gasteiger charge is 2.23. The van der Waals surface area contributed by atoms with Crippen LogP contribution in [0.3, 0.4) is 0 Å². The molecule has 1 aliphatic heterocycles. The smallest absolute Gasteiger partial charge is 0.420 e. The fourth-order valence-corrected chi connectivity index (χ4v) is 3.98. The zero-order valence-corrected chi connectivity index (χ0v) is 19.3. The molecule has 0 radical (unpaired) electrons. The van der Waals surface area contributed by atoms with Crippen molar-refractivity contribution in [2.75, 3.05) is 32.7 Å². The topological polar surface area (TPSA) is 85.0 Å². The molecule has 1 aromatic heterocycles. The van der Waals surface area contributed by atoms with Gasteiger partial charge in [0.2, 0.25) is 0 Å². The fraction of sp³-hybridized carbons (Fsp3) is 0.320. The van der Waals surface area contributed by atoms with E-state index < -0.39 is 5.76 Å². The van der Waals surface area contributed by atoms with Crippen LogP contribution in [-0.4, -0.2) is 59.0 Å². The number of piperazine rings is 1. The Morgan fingerprint density at radius 2 is 1.82 bits per heavy atom. The van der Waals surface area contributed by atoms with Gasteiger partial charge in [-0.3, -0.25) is 14.3 Å². The number of carbonyl (C=O) groups excluding carboxylic acids is 2. The molecule has 0 unspecified atom stereocenters. The van der Waals surface area contributed by atoms with Gasteiger partial charge >= 0.3 is 11.8 Å². The molecule has 8 nitrogen and oxygen atoms in total. The Morgan fingerprint density at radius 3 is 2.53 bits per heavy atom. The second kappa shape index (κ2) is 10.6. The summed E-state index contributed by atoms with van der Waals surface area (Å²) in [6, 6.07) is 12.1. The standard InChI is InChI=1S/C25H24ClN3O5/c1-2-10-29-21-8-5-19(16-23(21)34-25(29)32)22(30)9-11-27-12-14-28(15-13-27)24(31)33-17-18-3-6-20(26)7-4-18/h1,3-8,16H,9-15,17H2. The van der Waals surface area contributed by atoms with Gasteiger partial charge in [-0.1, -0.05) is 29.7 Å². The van der Waals surface area contributed by atoms with E-state index in [1.54, 1.807) is 35.2 Å². The molecule has 9 heteroatoms. The number of halogens is 1. The van der Waals surface area contributed by atoms with Gasteiger partial charge in [-0.2, -0.15) is 0 Å². The molecule has 1 amide bonds. The number of amides is 1. The van der Waals surface area contributed by atoms with E-state index in [4.69, 9.17) is 27.2 Å². The minimum atomic E-state index is -0.540. The van der Waals surface area contributed by atoms with Crippen molar-refractivity contribution in [2.45, 2.75) is 19.6 Å². The summed E-state index contributed by atoms with van der Waals surface area (Å²) in [6.07, 6.45) is 5.27. The van der Waals surface area contributed by atoms with Gasteiger partial charge < -0.3 is 14.1 Å². The number of Topliss-reactive ketones (excluding diaryl/α,β-unsaturated/α-hetero) is 1. The number of terminal acetylenes is 1. The molecule has 3 aromatic rings. The van der Waals surface area contributed by atoms with Gasteiger partial charge in [0.15, 0.2) is 11.4 Å². The number of nitrogens with zero attached hydrogens (tertiary/aromatic N) is 3. The van der Waals surface area contributed by atoms with Gasteiger partial charge in [0.1, 0.15) is 6.61 Å². The highest BCUT2D eigenvalue weighted by molar-refractivity contribution is 6.30. The molecule has 0 N–H and O–H groups in total. The average molecular weight is 482 g/mol. The predicted molar refractivity (Wildman–Crippen MR) is 128 cm³/mol. The van der Waals surface area contributed by atoms with Crippen LogP contribution in [-0.2, 0) is 17.9 Å². The number of hydrogen-bond acceptors (Lipinski definition) is 6. The van der Waals surface area contributed by atoms with Crippen LogP contribution >= 0.6 is 11.6 Å². The zero-order chi connectivity index (χ0) is 24.1. The molecule has 0 saturated carbocycles. The molecule has 0 spiro atoms. The largest absolute Gasteiger partial charge is 0.445 e. The van der Waals surface area contributed by atoms with Crippen molar-refractivity contribution in [3.8, 4) is 12.3 Å². The van der Waals surface area contributed by atoms with E-state index in [0.29, 0.717) is 60.8 Å². The summed E-state index contributed by atoms with van der Waals surface area (Å²) in [7, 11) is 0. The van der Waals surface area contributed by atoms with Crippen LogP contribution in [0.5, 0.6) is 0 Å². The molecule has 2 heterocycles. The summed E-state index contributed by atoms with van der Waals surface area (Å²) >= 11 is 5.87. The number of ether oxygens (including phenoxy) is 1. The Hall–Kier alpha value is -3.54. The summed E-state index contributed by atoms with van der Waals surface area (Å²) in [4.78, 5) is 40.7. The zero-order valence-electron chi connectivity index (χ0n) is 18.5. The fourth-order valence-electron chi connectivity index (χ4n) is 3.86. The molecule has 2 aromatic carbocycles. The van der Waals surface area contributed by atoms with Crippen LogP contribution in [0.15, 0.2) is 51.7 Å². The van der Waals surface area contributed by atoms with E-state index in [1.165, 1.54) is 4.57 Å². The van der Waals surface area contributed by atoms with E-state index in [2.05, 4.69) is 10.8 Å². The highest BCUT2D eigenvalue weighted by atomic mass is 35.5. The number of oxazole rings is 1. The third kappa shape index (κ3) is 5.50. The predicted octanol–water partition coefficient (Wildman–Crippen LogP) is 3.41. The summed E-state index contributed by atoms with van der Waals surface area (Å²) in [5.41, 5.74) is 2.27. The number of rotatable bonds is 7. The second-order valence-corrected chi connectivity index (χ2v) is 8.46. The molecular formula is C25H24ClN3O5. The van der Waals surface area contributed by atoms with Crippen molar-refractivity contribution in [1.29, 1.82) is 0 Å². The second-order valence-electron chi connectivity index (χ2n) is 8.02. The first kappa shape index (κ1) is 23.6. The molecule has 0 atom stereocenters. The molecule has 34 heavy (non-hydrogen) atoms. The lowest BCUT2D eigenvalue weighted by Crippen LogP contribution is -2.49. The van der Waals surface area contributed by atoms with E-state index in [1.807, 2.05) is 12.1 Å². The monoisotopic (exact) mass is 481 g/mol. The Balaban J connectivity index is 1.24. The molecule has 1 saturated heterocycles. The van der Waals surface area contributed by atoms with Crippen molar-refractivity contribution in [1.82, 2.24) is 14.4 Å². The Kier molecular flexibility index (Phi) is 7.36. The lowest BCUT2D eigenvalue weighted by molar-refractivity contribution is 0.0697. The van der Waals surface area contributed by atoms with Crippen LogP contribution in [0.1, 0.15) is 22.3 Å². The molecule has 176 valence electrons. The van der Waals surface area contributed by atoms with Crippen molar-refractivity contribution in [3.63, 3.8) is 0 Å². The molecule has 1 aliphatic rings. The van der Waals surface area contributed by atoms with E-state index >= 15 is 0 Å².